The summed E-state index contributed by atoms with van der Waals surface area (Å²) in [5.74, 6) is 0.971. The summed E-state index contributed by atoms with van der Waals surface area (Å²) in [6, 6.07) is 18.4. The van der Waals surface area contributed by atoms with E-state index in [1.54, 1.807) is 30.5 Å². The van der Waals surface area contributed by atoms with Crippen LogP contribution >= 0.6 is 0 Å². The van der Waals surface area contributed by atoms with E-state index in [0.717, 1.165) is 5.75 Å². The molecule has 6 heteroatoms. The van der Waals surface area contributed by atoms with Gasteiger partial charge >= 0.3 is 0 Å². The molecule has 6 nitrogen and oxygen atoms in total. The highest BCUT2D eigenvalue weighted by atomic mass is 16.5. The molecule has 1 saturated heterocycles. The lowest BCUT2D eigenvalue weighted by molar-refractivity contribution is -0.112. The summed E-state index contributed by atoms with van der Waals surface area (Å²) >= 11 is 0. The number of hydrogen-bond donors (Lipinski definition) is 1. The third-order valence-corrected chi connectivity index (χ3v) is 3.81. The van der Waals surface area contributed by atoms with Crippen LogP contribution in [0, 0.1) is 11.3 Å². The van der Waals surface area contributed by atoms with Gasteiger partial charge in [0.05, 0.1) is 13.2 Å². The second-order valence-corrected chi connectivity index (χ2v) is 5.70. The lowest BCUT2D eigenvalue weighted by Gasteiger charge is -2.25. The molecule has 1 amide bonds. The minimum atomic E-state index is -0.435. The summed E-state index contributed by atoms with van der Waals surface area (Å²) in [6.07, 6.45) is 1.59. The number of nitrogens with one attached hydrogen (secondary N) is 1. The highest BCUT2D eigenvalue weighted by Gasteiger charge is 2.13. The van der Waals surface area contributed by atoms with Crippen LogP contribution in [0.2, 0.25) is 0 Å². The zero-order valence-electron chi connectivity index (χ0n) is 14.2. The van der Waals surface area contributed by atoms with Gasteiger partial charge in [0, 0.05) is 25.0 Å². The Bertz CT molecular complexity index is 804. The molecule has 2 aromatic carbocycles. The molecule has 0 aromatic heterocycles. The van der Waals surface area contributed by atoms with E-state index in [1.807, 2.05) is 41.3 Å². The summed E-state index contributed by atoms with van der Waals surface area (Å²) in [4.78, 5) is 14.2. The van der Waals surface area contributed by atoms with Crippen LogP contribution in [0.1, 0.15) is 0 Å². The average Bonchev–Trinajstić information content (AvgIpc) is 2.69. The first kappa shape index (κ1) is 17.5. The zero-order valence-corrected chi connectivity index (χ0v) is 14.2. The van der Waals surface area contributed by atoms with E-state index in [0.29, 0.717) is 37.7 Å². The van der Waals surface area contributed by atoms with Crippen molar-refractivity contribution in [2.24, 2.45) is 0 Å². The summed E-state index contributed by atoms with van der Waals surface area (Å²) in [5.41, 5.74) is 0.662. The van der Waals surface area contributed by atoms with E-state index in [1.165, 1.54) is 0 Å². The van der Waals surface area contributed by atoms with Crippen LogP contribution in [0.4, 0.5) is 5.69 Å². The Balaban J connectivity index is 1.61. The third-order valence-electron chi connectivity index (χ3n) is 3.81. The molecule has 0 unspecified atom stereocenters. The van der Waals surface area contributed by atoms with Gasteiger partial charge in [0.15, 0.2) is 0 Å². The van der Waals surface area contributed by atoms with E-state index >= 15 is 0 Å². The zero-order chi connectivity index (χ0) is 18.2. The van der Waals surface area contributed by atoms with Gasteiger partial charge in [-0.1, -0.05) is 18.2 Å². The molecule has 1 N–H and O–H groups in total. The third kappa shape index (κ3) is 4.85. The molecular weight excluding hydrogens is 330 g/mol. The van der Waals surface area contributed by atoms with Crippen molar-refractivity contribution in [2.75, 3.05) is 31.6 Å². The lowest BCUT2D eigenvalue weighted by Crippen LogP contribution is -2.33. The molecule has 1 aliphatic rings. The van der Waals surface area contributed by atoms with Crippen molar-refractivity contribution in [3.8, 4) is 17.6 Å². The number of nitriles is 1. The van der Waals surface area contributed by atoms with E-state index in [-0.39, 0.29) is 5.57 Å². The Hall–Kier alpha value is -3.30. The summed E-state index contributed by atoms with van der Waals surface area (Å²) < 4.78 is 11.0. The van der Waals surface area contributed by atoms with Gasteiger partial charge in [0.2, 0.25) is 0 Å². The Morgan fingerprint density at radius 3 is 2.38 bits per heavy atom. The first-order valence-corrected chi connectivity index (χ1v) is 8.32. The molecule has 2 aromatic rings. The van der Waals surface area contributed by atoms with Crippen molar-refractivity contribution < 1.29 is 14.3 Å². The number of carbonyl (C=O) groups excluding carboxylic acids is 1. The predicted molar refractivity (Wildman–Crippen MR) is 97.7 cm³/mol. The van der Waals surface area contributed by atoms with E-state index < -0.39 is 5.91 Å². The number of para-hydroxylation sites is 1. The molecule has 0 radical (unpaired) electrons. The molecule has 3 rings (SSSR count). The van der Waals surface area contributed by atoms with E-state index in [9.17, 15) is 10.1 Å². The normalized spacial score (nSPS) is 14.4. The smallest absolute Gasteiger partial charge is 0.267 e. The van der Waals surface area contributed by atoms with Gasteiger partial charge < -0.3 is 19.7 Å². The fraction of sp³-hybridized carbons (Fsp3) is 0.200. The number of rotatable bonds is 5. The lowest BCUT2D eigenvalue weighted by atomic mass is 10.2. The van der Waals surface area contributed by atoms with Crippen LogP contribution in [-0.2, 0) is 9.53 Å². The predicted octanol–water partition coefficient (Wildman–Crippen LogP) is 3.16. The van der Waals surface area contributed by atoms with Crippen molar-refractivity contribution in [2.45, 2.75) is 0 Å². The van der Waals surface area contributed by atoms with Gasteiger partial charge in [-0.05, 0) is 36.4 Å². The second kappa shape index (κ2) is 8.70. The molecule has 1 heterocycles. The average molecular weight is 349 g/mol. The molecule has 132 valence electrons. The van der Waals surface area contributed by atoms with Crippen LogP contribution in [-0.4, -0.2) is 37.1 Å². The number of ether oxygens (including phenoxy) is 2. The summed E-state index contributed by atoms with van der Waals surface area (Å²) in [5, 5.41) is 12.0. The maximum atomic E-state index is 12.3. The van der Waals surface area contributed by atoms with Crippen LogP contribution in [0.3, 0.4) is 0 Å². The van der Waals surface area contributed by atoms with Gasteiger partial charge in [0.25, 0.3) is 5.91 Å². The highest BCUT2D eigenvalue weighted by molar-refractivity contribution is 6.06. The molecule has 0 aliphatic carbocycles. The Morgan fingerprint density at radius 1 is 1.08 bits per heavy atom. The van der Waals surface area contributed by atoms with E-state index in [4.69, 9.17) is 9.47 Å². The van der Waals surface area contributed by atoms with Gasteiger partial charge in [-0.15, -0.1) is 0 Å². The maximum Gasteiger partial charge on any atom is 0.267 e. The number of nitrogens with zero attached hydrogens (tertiary/aromatic N) is 2. The minimum Gasteiger partial charge on any atom is -0.457 e. The first-order valence-electron chi connectivity index (χ1n) is 8.32. The number of benzene rings is 2. The van der Waals surface area contributed by atoms with Gasteiger partial charge in [-0.2, -0.15) is 5.26 Å². The molecule has 0 saturated carbocycles. The maximum absolute atomic E-state index is 12.3. The standard InChI is InChI=1S/C20H19N3O3/c21-14-16(15-23-10-12-25-13-11-23)20(24)22-17-6-8-19(9-7-17)26-18-4-2-1-3-5-18/h1-9,15H,10-13H2,(H,22,24)/b16-15-. The minimum absolute atomic E-state index is 0.0662. The van der Waals surface area contributed by atoms with Crippen molar-refractivity contribution in [3.05, 3.63) is 66.4 Å². The fourth-order valence-electron chi connectivity index (χ4n) is 2.46. The van der Waals surface area contributed by atoms with Crippen LogP contribution < -0.4 is 10.1 Å². The van der Waals surface area contributed by atoms with E-state index in [2.05, 4.69) is 5.32 Å². The number of morpholine rings is 1. The van der Waals surface area contributed by atoms with Crippen LogP contribution in [0.25, 0.3) is 0 Å². The van der Waals surface area contributed by atoms with Gasteiger partial charge in [-0.3, -0.25) is 4.79 Å². The SMILES string of the molecule is N#C/C(=C/N1CCOCC1)C(=O)Nc1ccc(Oc2ccccc2)cc1. The van der Waals surface area contributed by atoms with Crippen LogP contribution in [0.15, 0.2) is 66.4 Å². The fourth-order valence-corrected chi connectivity index (χ4v) is 2.46. The Morgan fingerprint density at radius 2 is 1.73 bits per heavy atom. The molecule has 1 fully saturated rings. The summed E-state index contributed by atoms with van der Waals surface area (Å²) in [6.45, 7) is 2.54. The van der Waals surface area contributed by atoms with Crippen molar-refractivity contribution in [1.29, 1.82) is 5.26 Å². The largest absolute Gasteiger partial charge is 0.457 e. The number of amides is 1. The quantitative estimate of drug-likeness (QED) is 0.663. The van der Waals surface area contributed by atoms with Crippen LogP contribution in [0.5, 0.6) is 11.5 Å². The number of anilines is 1. The number of hydrogen-bond acceptors (Lipinski definition) is 5. The van der Waals surface area contributed by atoms with Crippen molar-refractivity contribution in [3.63, 3.8) is 0 Å². The molecule has 26 heavy (non-hydrogen) atoms. The van der Waals surface area contributed by atoms with Crippen molar-refractivity contribution in [1.82, 2.24) is 4.90 Å². The molecular formula is C20H19N3O3. The molecule has 0 bridgehead atoms. The Labute approximate surface area is 152 Å². The first-order chi connectivity index (χ1) is 12.7. The highest BCUT2D eigenvalue weighted by Crippen LogP contribution is 2.22. The molecule has 1 aliphatic heterocycles. The molecule has 0 spiro atoms. The number of carbonyl (C=O) groups is 1. The molecule has 0 atom stereocenters. The topological polar surface area (TPSA) is 74.6 Å². The second-order valence-electron chi connectivity index (χ2n) is 5.70. The monoisotopic (exact) mass is 349 g/mol. The summed E-state index contributed by atoms with van der Waals surface area (Å²) in [7, 11) is 0. The Kier molecular flexibility index (Phi) is 5.86. The van der Waals surface area contributed by atoms with Crippen molar-refractivity contribution >= 4 is 11.6 Å². The van der Waals surface area contributed by atoms with Gasteiger partial charge in [0.1, 0.15) is 23.1 Å². The van der Waals surface area contributed by atoms with Gasteiger partial charge in [-0.25, -0.2) is 0 Å².